The summed E-state index contributed by atoms with van der Waals surface area (Å²) in [6.07, 6.45) is -1.36. The van der Waals surface area contributed by atoms with Crippen molar-refractivity contribution >= 4 is 10.0 Å². The number of imidazole rings is 1. The zero-order chi connectivity index (χ0) is 16.2. The van der Waals surface area contributed by atoms with E-state index in [4.69, 9.17) is 0 Å². The molecular weight excluding hydrogens is 323 g/mol. The van der Waals surface area contributed by atoms with E-state index in [-0.39, 0.29) is 11.4 Å². The van der Waals surface area contributed by atoms with E-state index in [0.717, 1.165) is 30.0 Å². The van der Waals surface area contributed by atoms with Crippen LogP contribution in [0.25, 0.3) is 0 Å². The standard InChI is InChI=1S/C12H12F3N3O3S/c13-12(14,15)21-10-1-3-11(4-2-10)22(19,20)18-6-5-9-7-16-8-17-9/h1-4,7-8,18H,5-6H2,(H,16,17). The number of hydrogen-bond acceptors (Lipinski definition) is 4. The molecule has 0 radical (unpaired) electrons. The topological polar surface area (TPSA) is 84.1 Å². The van der Waals surface area contributed by atoms with E-state index >= 15 is 0 Å². The fraction of sp³-hybridized carbons (Fsp3) is 0.250. The highest BCUT2D eigenvalue weighted by Gasteiger charge is 2.31. The Morgan fingerprint density at radius 2 is 1.91 bits per heavy atom. The molecule has 0 spiro atoms. The second-order valence-corrected chi connectivity index (χ2v) is 6.01. The van der Waals surface area contributed by atoms with Gasteiger partial charge in [0.25, 0.3) is 0 Å². The molecule has 120 valence electrons. The van der Waals surface area contributed by atoms with Crippen molar-refractivity contribution in [1.82, 2.24) is 14.7 Å². The van der Waals surface area contributed by atoms with Gasteiger partial charge in [-0.1, -0.05) is 0 Å². The van der Waals surface area contributed by atoms with Gasteiger partial charge in [-0.2, -0.15) is 0 Å². The van der Waals surface area contributed by atoms with E-state index in [2.05, 4.69) is 19.4 Å². The molecule has 0 saturated carbocycles. The number of halogens is 3. The minimum Gasteiger partial charge on any atom is -0.406 e. The van der Waals surface area contributed by atoms with Gasteiger partial charge < -0.3 is 9.72 Å². The first kappa shape index (κ1) is 16.3. The van der Waals surface area contributed by atoms with Crippen LogP contribution < -0.4 is 9.46 Å². The SMILES string of the molecule is O=S(=O)(NCCc1cnc[nH]1)c1ccc(OC(F)(F)F)cc1. The zero-order valence-electron chi connectivity index (χ0n) is 11.1. The maximum atomic E-state index is 12.0. The molecule has 10 heteroatoms. The molecule has 0 fully saturated rings. The molecule has 1 heterocycles. The lowest BCUT2D eigenvalue weighted by atomic mass is 10.3. The maximum Gasteiger partial charge on any atom is 0.573 e. The van der Waals surface area contributed by atoms with E-state index in [0.29, 0.717) is 6.42 Å². The maximum absolute atomic E-state index is 12.0. The highest BCUT2D eigenvalue weighted by molar-refractivity contribution is 7.89. The van der Waals surface area contributed by atoms with Crippen LogP contribution in [0.1, 0.15) is 5.69 Å². The summed E-state index contributed by atoms with van der Waals surface area (Å²) in [5.41, 5.74) is 0.761. The number of nitrogens with zero attached hydrogens (tertiary/aromatic N) is 1. The Balaban J connectivity index is 1.97. The highest BCUT2D eigenvalue weighted by Crippen LogP contribution is 2.23. The molecule has 0 saturated heterocycles. The van der Waals surface area contributed by atoms with Crippen molar-refractivity contribution in [3.8, 4) is 5.75 Å². The van der Waals surface area contributed by atoms with Crippen molar-refractivity contribution in [2.45, 2.75) is 17.7 Å². The van der Waals surface area contributed by atoms with Gasteiger partial charge in [-0.05, 0) is 24.3 Å². The molecule has 2 N–H and O–H groups in total. The van der Waals surface area contributed by atoms with Crippen LogP contribution in [0.3, 0.4) is 0 Å². The number of aromatic amines is 1. The third-order valence-corrected chi connectivity index (χ3v) is 4.09. The number of hydrogen-bond donors (Lipinski definition) is 2. The van der Waals surface area contributed by atoms with Crippen molar-refractivity contribution in [3.05, 3.63) is 42.5 Å². The molecule has 0 amide bonds. The summed E-state index contributed by atoms with van der Waals surface area (Å²) in [5.74, 6) is -0.482. The first-order valence-electron chi connectivity index (χ1n) is 6.09. The van der Waals surface area contributed by atoms with Crippen LogP contribution in [-0.4, -0.2) is 31.3 Å². The van der Waals surface area contributed by atoms with Crippen LogP contribution in [0.5, 0.6) is 5.75 Å². The molecule has 0 aliphatic rings. The third-order valence-electron chi connectivity index (χ3n) is 2.61. The molecule has 1 aromatic heterocycles. The quantitative estimate of drug-likeness (QED) is 0.843. The summed E-state index contributed by atoms with van der Waals surface area (Å²) < 4.78 is 66.0. The van der Waals surface area contributed by atoms with Crippen molar-refractivity contribution in [1.29, 1.82) is 0 Å². The number of aromatic nitrogens is 2. The van der Waals surface area contributed by atoms with Gasteiger partial charge in [0, 0.05) is 24.9 Å². The van der Waals surface area contributed by atoms with E-state index in [9.17, 15) is 21.6 Å². The van der Waals surface area contributed by atoms with E-state index < -0.39 is 22.1 Å². The predicted octanol–water partition coefficient (Wildman–Crippen LogP) is 1.83. The van der Waals surface area contributed by atoms with Gasteiger partial charge >= 0.3 is 6.36 Å². The Morgan fingerprint density at radius 1 is 1.23 bits per heavy atom. The van der Waals surface area contributed by atoms with Gasteiger partial charge in [-0.3, -0.25) is 0 Å². The van der Waals surface area contributed by atoms with Crippen molar-refractivity contribution < 1.29 is 26.3 Å². The molecule has 0 aliphatic heterocycles. The predicted molar refractivity (Wildman–Crippen MR) is 70.6 cm³/mol. The lowest BCUT2D eigenvalue weighted by Crippen LogP contribution is -2.26. The number of sulfonamides is 1. The van der Waals surface area contributed by atoms with Crippen molar-refractivity contribution in [2.75, 3.05) is 6.54 Å². The Bertz CT molecular complexity index is 697. The molecule has 2 aromatic rings. The lowest BCUT2D eigenvalue weighted by Gasteiger charge is -2.10. The van der Waals surface area contributed by atoms with Crippen LogP contribution in [0.4, 0.5) is 13.2 Å². The monoisotopic (exact) mass is 335 g/mol. The average Bonchev–Trinajstić information content (AvgIpc) is 2.90. The first-order chi connectivity index (χ1) is 10.3. The fourth-order valence-electron chi connectivity index (χ4n) is 1.65. The molecule has 1 aromatic carbocycles. The average molecular weight is 335 g/mol. The fourth-order valence-corrected chi connectivity index (χ4v) is 2.68. The number of alkyl halides is 3. The van der Waals surface area contributed by atoms with E-state index in [1.54, 1.807) is 6.20 Å². The van der Waals surface area contributed by atoms with Crippen LogP contribution in [0, 0.1) is 0 Å². The molecule has 0 atom stereocenters. The molecule has 0 unspecified atom stereocenters. The summed E-state index contributed by atoms with van der Waals surface area (Å²) in [7, 11) is -3.80. The Morgan fingerprint density at radius 3 is 2.45 bits per heavy atom. The van der Waals surface area contributed by atoms with E-state index in [1.165, 1.54) is 6.33 Å². The summed E-state index contributed by atoms with van der Waals surface area (Å²) in [5, 5.41) is 0. The molecule has 22 heavy (non-hydrogen) atoms. The summed E-state index contributed by atoms with van der Waals surface area (Å²) in [4.78, 5) is 6.47. The summed E-state index contributed by atoms with van der Waals surface area (Å²) in [6.45, 7) is 0.130. The van der Waals surface area contributed by atoms with Crippen molar-refractivity contribution in [3.63, 3.8) is 0 Å². The normalized spacial score (nSPS) is 12.3. The number of rotatable bonds is 6. The second kappa shape index (κ2) is 6.36. The summed E-state index contributed by atoms with van der Waals surface area (Å²) >= 11 is 0. The Kier molecular flexibility index (Phi) is 4.71. The molecule has 2 rings (SSSR count). The zero-order valence-corrected chi connectivity index (χ0v) is 11.9. The van der Waals surface area contributed by atoms with E-state index in [1.807, 2.05) is 0 Å². The van der Waals surface area contributed by atoms with Crippen molar-refractivity contribution in [2.24, 2.45) is 0 Å². The lowest BCUT2D eigenvalue weighted by molar-refractivity contribution is -0.274. The van der Waals surface area contributed by atoms with Gasteiger partial charge in [0.1, 0.15) is 5.75 Å². The highest BCUT2D eigenvalue weighted by atomic mass is 32.2. The number of nitrogens with one attached hydrogen (secondary N) is 2. The van der Waals surface area contributed by atoms with Crippen LogP contribution in [0.15, 0.2) is 41.7 Å². The molecule has 0 bridgehead atoms. The van der Waals surface area contributed by atoms with Gasteiger partial charge in [-0.15, -0.1) is 13.2 Å². The first-order valence-corrected chi connectivity index (χ1v) is 7.57. The van der Waals surface area contributed by atoms with Gasteiger partial charge in [-0.25, -0.2) is 18.1 Å². The minimum atomic E-state index is -4.82. The second-order valence-electron chi connectivity index (χ2n) is 4.24. The smallest absolute Gasteiger partial charge is 0.406 e. The number of H-pyrrole nitrogens is 1. The number of ether oxygens (including phenoxy) is 1. The van der Waals surface area contributed by atoms with Gasteiger partial charge in [0.15, 0.2) is 0 Å². The number of benzene rings is 1. The van der Waals surface area contributed by atoms with Gasteiger partial charge in [0.2, 0.25) is 10.0 Å². The molecule has 6 nitrogen and oxygen atoms in total. The summed E-state index contributed by atoms with van der Waals surface area (Å²) in [6, 6.07) is 3.97. The third kappa shape index (κ3) is 4.74. The van der Waals surface area contributed by atoms with Crippen LogP contribution >= 0.6 is 0 Å². The molecular formula is C12H12F3N3O3S. The Labute approximate surface area is 124 Å². The minimum absolute atomic E-state index is 0.130. The van der Waals surface area contributed by atoms with Gasteiger partial charge in [0.05, 0.1) is 11.2 Å². The Hall–Kier alpha value is -2.07. The largest absolute Gasteiger partial charge is 0.573 e. The van der Waals surface area contributed by atoms with Crippen LogP contribution in [0.2, 0.25) is 0 Å². The molecule has 0 aliphatic carbocycles. The van der Waals surface area contributed by atoms with Crippen LogP contribution in [-0.2, 0) is 16.4 Å².